The topological polar surface area (TPSA) is 67.1 Å². The molecule has 2 aromatic rings. The van der Waals surface area contributed by atoms with E-state index in [0.29, 0.717) is 17.1 Å². The molecule has 24 heavy (non-hydrogen) atoms. The molecule has 0 spiro atoms. The summed E-state index contributed by atoms with van der Waals surface area (Å²) in [4.78, 5) is 14.3. The molecule has 0 radical (unpaired) electrons. The van der Waals surface area contributed by atoms with Gasteiger partial charge in [0.15, 0.2) is 0 Å². The molecule has 0 atom stereocenters. The number of hydrogen-bond donors (Lipinski definition) is 1. The highest BCUT2D eigenvalue weighted by atomic mass is 16.5. The molecule has 1 aromatic carbocycles. The summed E-state index contributed by atoms with van der Waals surface area (Å²) in [6, 6.07) is 9.77. The first-order valence-corrected chi connectivity index (χ1v) is 7.96. The van der Waals surface area contributed by atoms with Crippen LogP contribution < -0.4 is 10.3 Å². The van der Waals surface area contributed by atoms with E-state index in [4.69, 9.17) is 9.15 Å². The molecule has 6 heteroatoms. The van der Waals surface area contributed by atoms with Crippen molar-refractivity contribution in [3.8, 4) is 0 Å². The summed E-state index contributed by atoms with van der Waals surface area (Å²) in [7, 11) is 0. The number of morpholine rings is 1. The van der Waals surface area contributed by atoms with Crippen molar-refractivity contribution in [3.63, 3.8) is 0 Å². The maximum absolute atomic E-state index is 12.0. The Kier molecular flexibility index (Phi) is 4.96. The second kappa shape index (κ2) is 7.31. The lowest BCUT2D eigenvalue weighted by Gasteiger charge is -2.28. The number of aryl methyl sites for hydroxylation is 2. The molecule has 0 saturated carbocycles. The summed E-state index contributed by atoms with van der Waals surface area (Å²) in [5, 5.41) is 4.01. The Morgan fingerprint density at radius 1 is 1.21 bits per heavy atom. The normalized spacial score (nSPS) is 15.0. The fourth-order valence-corrected chi connectivity index (χ4v) is 2.67. The van der Waals surface area contributed by atoms with E-state index < -0.39 is 0 Å². The first kappa shape index (κ1) is 16.3. The lowest BCUT2D eigenvalue weighted by molar-refractivity contribution is 0.0953. The minimum absolute atomic E-state index is 0.273. The number of rotatable bonds is 4. The van der Waals surface area contributed by atoms with Crippen molar-refractivity contribution < 1.29 is 13.9 Å². The molecule has 1 aliphatic heterocycles. The lowest BCUT2D eigenvalue weighted by atomic mass is 10.2. The highest BCUT2D eigenvalue weighted by Crippen LogP contribution is 2.16. The summed E-state index contributed by atoms with van der Waals surface area (Å²) in [5.74, 6) is 1.03. The van der Waals surface area contributed by atoms with Crippen LogP contribution in [0.4, 0.5) is 5.69 Å². The monoisotopic (exact) mass is 327 g/mol. The molecule has 3 rings (SSSR count). The van der Waals surface area contributed by atoms with Crippen LogP contribution in [0.2, 0.25) is 0 Å². The van der Waals surface area contributed by atoms with Gasteiger partial charge in [-0.05, 0) is 37.6 Å². The third-order valence-electron chi connectivity index (χ3n) is 3.93. The number of furan rings is 1. The van der Waals surface area contributed by atoms with E-state index in [0.717, 1.165) is 31.9 Å². The SMILES string of the molecule is Cc1cc(C(=O)N/N=C/c2ccc(N3CCOCC3)cc2)c(C)o1. The van der Waals surface area contributed by atoms with Gasteiger partial charge >= 0.3 is 0 Å². The number of nitrogens with one attached hydrogen (secondary N) is 1. The Labute approximate surface area is 141 Å². The predicted octanol–water partition coefficient (Wildman–Crippen LogP) is 2.50. The highest BCUT2D eigenvalue weighted by molar-refractivity contribution is 5.95. The molecule has 1 aromatic heterocycles. The highest BCUT2D eigenvalue weighted by Gasteiger charge is 2.12. The summed E-state index contributed by atoms with van der Waals surface area (Å²) < 4.78 is 10.7. The maximum atomic E-state index is 12.0. The van der Waals surface area contributed by atoms with Gasteiger partial charge < -0.3 is 14.1 Å². The Morgan fingerprint density at radius 2 is 1.92 bits per heavy atom. The van der Waals surface area contributed by atoms with Gasteiger partial charge in [-0.15, -0.1) is 0 Å². The van der Waals surface area contributed by atoms with Gasteiger partial charge in [0.25, 0.3) is 5.91 Å². The Bertz CT molecular complexity index is 728. The summed E-state index contributed by atoms with van der Waals surface area (Å²) >= 11 is 0. The zero-order valence-corrected chi connectivity index (χ0v) is 13.9. The van der Waals surface area contributed by atoms with Crippen molar-refractivity contribution in [1.29, 1.82) is 0 Å². The van der Waals surface area contributed by atoms with Gasteiger partial charge in [-0.25, -0.2) is 5.43 Å². The minimum atomic E-state index is -0.273. The quantitative estimate of drug-likeness (QED) is 0.692. The van der Waals surface area contributed by atoms with Crippen LogP contribution in [0.1, 0.15) is 27.4 Å². The van der Waals surface area contributed by atoms with Crippen molar-refractivity contribution in [2.45, 2.75) is 13.8 Å². The summed E-state index contributed by atoms with van der Waals surface area (Å²) in [6.45, 7) is 6.92. The second-order valence-electron chi connectivity index (χ2n) is 5.72. The first-order valence-electron chi connectivity index (χ1n) is 7.96. The van der Waals surface area contributed by atoms with E-state index in [1.807, 2.05) is 19.1 Å². The van der Waals surface area contributed by atoms with Gasteiger partial charge in [-0.2, -0.15) is 5.10 Å². The molecule has 0 aliphatic carbocycles. The smallest absolute Gasteiger partial charge is 0.274 e. The number of carbonyl (C=O) groups excluding carboxylic acids is 1. The van der Waals surface area contributed by atoms with Crippen LogP contribution in [-0.4, -0.2) is 38.4 Å². The Hall–Kier alpha value is -2.60. The van der Waals surface area contributed by atoms with Gasteiger partial charge in [0, 0.05) is 18.8 Å². The zero-order valence-electron chi connectivity index (χ0n) is 13.9. The van der Waals surface area contributed by atoms with Gasteiger partial charge in [-0.1, -0.05) is 12.1 Å². The van der Waals surface area contributed by atoms with E-state index in [2.05, 4.69) is 27.6 Å². The van der Waals surface area contributed by atoms with E-state index in [1.54, 1.807) is 19.2 Å². The van der Waals surface area contributed by atoms with Crippen molar-refractivity contribution >= 4 is 17.8 Å². The fraction of sp³-hybridized carbons (Fsp3) is 0.333. The lowest BCUT2D eigenvalue weighted by Crippen LogP contribution is -2.36. The van der Waals surface area contributed by atoms with Crippen molar-refractivity contribution in [2.24, 2.45) is 5.10 Å². The fourth-order valence-electron chi connectivity index (χ4n) is 2.67. The van der Waals surface area contributed by atoms with Crippen LogP contribution in [0.15, 0.2) is 39.9 Å². The second-order valence-corrected chi connectivity index (χ2v) is 5.72. The third kappa shape index (κ3) is 3.83. The molecule has 2 heterocycles. The first-order chi connectivity index (χ1) is 11.6. The van der Waals surface area contributed by atoms with Crippen molar-refractivity contribution in [2.75, 3.05) is 31.2 Å². The maximum Gasteiger partial charge on any atom is 0.274 e. The standard InChI is InChI=1S/C18H21N3O3/c1-13-11-17(14(2)24-13)18(22)20-19-12-15-3-5-16(6-4-15)21-7-9-23-10-8-21/h3-6,11-12H,7-10H2,1-2H3,(H,20,22)/b19-12+. The van der Waals surface area contributed by atoms with Gasteiger partial charge in [0.2, 0.25) is 0 Å². The van der Waals surface area contributed by atoms with Crippen LogP contribution in [-0.2, 0) is 4.74 Å². The van der Waals surface area contributed by atoms with Crippen LogP contribution in [0.5, 0.6) is 0 Å². The number of hydrogen-bond acceptors (Lipinski definition) is 5. The molecular weight excluding hydrogens is 306 g/mol. The molecule has 1 saturated heterocycles. The molecule has 0 bridgehead atoms. The Balaban J connectivity index is 1.58. The van der Waals surface area contributed by atoms with Crippen LogP contribution in [0.3, 0.4) is 0 Å². The minimum Gasteiger partial charge on any atom is -0.466 e. The number of carbonyl (C=O) groups is 1. The summed E-state index contributed by atoms with van der Waals surface area (Å²) in [6.07, 6.45) is 1.63. The molecular formula is C18H21N3O3. The van der Waals surface area contributed by atoms with E-state index in [9.17, 15) is 4.79 Å². The van der Waals surface area contributed by atoms with Gasteiger partial charge in [0.05, 0.1) is 25.0 Å². The number of hydrazone groups is 1. The van der Waals surface area contributed by atoms with E-state index in [1.165, 1.54) is 5.69 Å². The molecule has 1 aliphatic rings. The molecule has 1 N–H and O–H groups in total. The van der Waals surface area contributed by atoms with Crippen molar-refractivity contribution in [3.05, 3.63) is 53.0 Å². The van der Waals surface area contributed by atoms with Gasteiger partial charge in [-0.3, -0.25) is 4.79 Å². The predicted molar refractivity (Wildman–Crippen MR) is 92.7 cm³/mol. The molecule has 126 valence electrons. The Morgan fingerprint density at radius 3 is 2.54 bits per heavy atom. The number of benzene rings is 1. The number of amides is 1. The third-order valence-corrected chi connectivity index (χ3v) is 3.93. The molecule has 6 nitrogen and oxygen atoms in total. The molecule has 1 amide bonds. The number of nitrogens with zero attached hydrogens (tertiary/aromatic N) is 2. The van der Waals surface area contributed by atoms with E-state index >= 15 is 0 Å². The number of ether oxygens (including phenoxy) is 1. The molecule has 1 fully saturated rings. The average molecular weight is 327 g/mol. The summed E-state index contributed by atoms with van der Waals surface area (Å²) in [5.41, 5.74) is 5.12. The van der Waals surface area contributed by atoms with Crippen LogP contribution in [0, 0.1) is 13.8 Å². The van der Waals surface area contributed by atoms with Crippen molar-refractivity contribution in [1.82, 2.24) is 5.43 Å². The van der Waals surface area contributed by atoms with Crippen LogP contribution in [0.25, 0.3) is 0 Å². The number of anilines is 1. The zero-order chi connectivity index (χ0) is 16.9. The van der Waals surface area contributed by atoms with Gasteiger partial charge in [0.1, 0.15) is 11.5 Å². The molecule has 0 unspecified atom stereocenters. The van der Waals surface area contributed by atoms with E-state index in [-0.39, 0.29) is 5.91 Å². The van der Waals surface area contributed by atoms with Crippen LogP contribution >= 0.6 is 0 Å². The average Bonchev–Trinajstić information content (AvgIpc) is 2.95. The largest absolute Gasteiger partial charge is 0.466 e.